The van der Waals surface area contributed by atoms with E-state index in [9.17, 15) is 14.7 Å². The number of ether oxygens (including phenoxy) is 1. The van der Waals surface area contributed by atoms with Crippen LogP contribution in [-0.4, -0.2) is 36.2 Å². The predicted molar refractivity (Wildman–Crippen MR) is 91.1 cm³/mol. The molecule has 0 spiro atoms. The molecule has 1 amide bonds. The van der Waals surface area contributed by atoms with Crippen LogP contribution in [0.25, 0.3) is 0 Å². The van der Waals surface area contributed by atoms with Gasteiger partial charge in [-0.15, -0.1) is 0 Å². The number of aliphatic hydroxyl groups is 1. The first kappa shape index (κ1) is 21.5. The molecule has 0 radical (unpaired) electrons. The fraction of sp³-hybridized carbons (Fsp3) is 0.467. The zero-order chi connectivity index (χ0) is 18.0. The molecule has 0 aliphatic rings. The highest BCUT2D eigenvalue weighted by molar-refractivity contribution is 6.34. The van der Waals surface area contributed by atoms with E-state index in [1.165, 1.54) is 12.2 Å². The summed E-state index contributed by atoms with van der Waals surface area (Å²) in [5, 5.41) is 13.2. The van der Waals surface area contributed by atoms with E-state index in [4.69, 9.17) is 33.7 Å². The highest BCUT2D eigenvalue weighted by Crippen LogP contribution is 2.23. The first-order valence-electron chi connectivity index (χ1n) is 7.00. The standard InChI is InChI=1S/C15H22Cl2N2O4/c1-4-10(15(22)11(17)6-9(3)16)12(19-13(20)8-18)7-14(21)23-5-2/h4,6,12,22H,5,7-8,18H2,1-3H3,(H,19,20)/b9-6+,10-4-,15-11-. The van der Waals surface area contributed by atoms with Gasteiger partial charge in [0.2, 0.25) is 5.91 Å². The van der Waals surface area contributed by atoms with E-state index < -0.39 is 17.9 Å². The Labute approximate surface area is 146 Å². The molecule has 1 unspecified atom stereocenters. The molecule has 130 valence electrons. The van der Waals surface area contributed by atoms with Gasteiger partial charge >= 0.3 is 5.97 Å². The summed E-state index contributed by atoms with van der Waals surface area (Å²) in [6, 6.07) is -0.826. The Morgan fingerprint density at radius 1 is 1.39 bits per heavy atom. The zero-order valence-corrected chi connectivity index (χ0v) is 14.9. The molecule has 0 heterocycles. The number of halogens is 2. The minimum atomic E-state index is -0.826. The van der Waals surface area contributed by atoms with Crippen molar-refractivity contribution in [3.63, 3.8) is 0 Å². The van der Waals surface area contributed by atoms with Crippen LogP contribution in [0.5, 0.6) is 0 Å². The van der Waals surface area contributed by atoms with E-state index in [1.807, 2.05) is 0 Å². The fourth-order valence-electron chi connectivity index (χ4n) is 1.76. The van der Waals surface area contributed by atoms with Gasteiger partial charge in [0.1, 0.15) is 5.76 Å². The maximum atomic E-state index is 11.7. The second-order valence-electron chi connectivity index (χ2n) is 4.51. The van der Waals surface area contributed by atoms with Gasteiger partial charge < -0.3 is 20.9 Å². The predicted octanol–water partition coefficient (Wildman–Crippen LogP) is 2.48. The number of nitrogens with two attached hydrogens (primary N) is 1. The molecule has 0 rings (SSSR count). The molecule has 0 saturated carbocycles. The van der Waals surface area contributed by atoms with Crippen molar-refractivity contribution in [2.24, 2.45) is 5.73 Å². The SMILES string of the molecule is C\C=C(/C(O)=C(Cl)\C=C(/C)Cl)C(CC(=O)OCC)NC(=O)CN. The lowest BCUT2D eigenvalue weighted by Gasteiger charge is -2.21. The van der Waals surface area contributed by atoms with E-state index in [0.717, 1.165) is 0 Å². The number of rotatable bonds is 8. The third-order valence-corrected chi connectivity index (χ3v) is 3.11. The molecule has 6 nitrogen and oxygen atoms in total. The highest BCUT2D eigenvalue weighted by Gasteiger charge is 2.24. The molecule has 0 aliphatic heterocycles. The molecule has 8 heteroatoms. The van der Waals surface area contributed by atoms with Gasteiger partial charge in [0.15, 0.2) is 0 Å². The highest BCUT2D eigenvalue weighted by atomic mass is 35.5. The smallest absolute Gasteiger partial charge is 0.308 e. The van der Waals surface area contributed by atoms with Gasteiger partial charge in [0, 0.05) is 10.6 Å². The molecule has 23 heavy (non-hydrogen) atoms. The first-order valence-corrected chi connectivity index (χ1v) is 7.76. The molecule has 0 fully saturated rings. The molecule has 0 aliphatic carbocycles. The minimum Gasteiger partial charge on any atom is -0.506 e. The summed E-state index contributed by atoms with van der Waals surface area (Å²) in [6.45, 7) is 4.86. The Balaban J connectivity index is 5.58. The molecule has 4 N–H and O–H groups in total. The van der Waals surface area contributed by atoms with Crippen molar-refractivity contribution in [3.8, 4) is 0 Å². The number of esters is 1. The van der Waals surface area contributed by atoms with Crippen molar-refractivity contribution < 1.29 is 19.4 Å². The van der Waals surface area contributed by atoms with Crippen molar-refractivity contribution in [1.29, 1.82) is 0 Å². The van der Waals surface area contributed by atoms with Crippen LogP contribution in [0.15, 0.2) is 33.5 Å². The molecular weight excluding hydrogens is 343 g/mol. The van der Waals surface area contributed by atoms with Gasteiger partial charge in [0.05, 0.1) is 30.6 Å². The van der Waals surface area contributed by atoms with E-state index in [-0.39, 0.29) is 35.9 Å². The number of carbonyl (C=O) groups is 2. The number of amides is 1. The average molecular weight is 365 g/mol. The number of hydrogen-bond donors (Lipinski definition) is 3. The summed E-state index contributed by atoms with van der Waals surface area (Å²) < 4.78 is 4.87. The second-order valence-corrected chi connectivity index (χ2v) is 5.51. The number of hydrogen-bond acceptors (Lipinski definition) is 5. The average Bonchev–Trinajstić information content (AvgIpc) is 2.46. The summed E-state index contributed by atoms with van der Waals surface area (Å²) in [5.74, 6) is -1.30. The molecule has 0 aromatic rings. The molecule has 0 aromatic heterocycles. The van der Waals surface area contributed by atoms with Crippen LogP contribution in [0.1, 0.15) is 27.2 Å². The Hall–Kier alpha value is -1.50. The topological polar surface area (TPSA) is 102 Å². The summed E-state index contributed by atoms with van der Waals surface area (Å²) in [5.41, 5.74) is 5.54. The normalized spacial score (nSPS) is 14.9. The van der Waals surface area contributed by atoms with Gasteiger partial charge in [-0.25, -0.2) is 0 Å². The Morgan fingerprint density at radius 3 is 2.43 bits per heavy atom. The maximum Gasteiger partial charge on any atom is 0.308 e. The van der Waals surface area contributed by atoms with Gasteiger partial charge in [-0.05, 0) is 26.8 Å². The number of carbonyl (C=O) groups excluding carboxylic acids is 2. The fourth-order valence-corrected chi connectivity index (χ4v) is 2.20. The van der Waals surface area contributed by atoms with Crippen LogP contribution in [0.2, 0.25) is 0 Å². The van der Waals surface area contributed by atoms with Crippen molar-refractivity contribution in [3.05, 3.63) is 33.5 Å². The van der Waals surface area contributed by atoms with E-state index in [0.29, 0.717) is 5.03 Å². The Morgan fingerprint density at radius 2 is 2.00 bits per heavy atom. The zero-order valence-electron chi connectivity index (χ0n) is 13.4. The minimum absolute atomic E-state index is 0.0125. The summed E-state index contributed by atoms with van der Waals surface area (Å²) in [7, 11) is 0. The number of allylic oxidation sites excluding steroid dienone is 4. The molecule has 0 saturated heterocycles. The van der Waals surface area contributed by atoms with Crippen molar-refractivity contribution in [2.75, 3.05) is 13.2 Å². The van der Waals surface area contributed by atoms with Crippen LogP contribution in [0, 0.1) is 0 Å². The Bertz CT molecular complexity index is 524. The van der Waals surface area contributed by atoms with Crippen molar-refractivity contribution >= 4 is 35.1 Å². The van der Waals surface area contributed by atoms with Gasteiger partial charge in [0.25, 0.3) is 0 Å². The van der Waals surface area contributed by atoms with E-state index in [1.54, 1.807) is 20.8 Å². The number of nitrogens with one attached hydrogen (secondary N) is 1. The van der Waals surface area contributed by atoms with E-state index >= 15 is 0 Å². The molecule has 0 bridgehead atoms. The lowest BCUT2D eigenvalue weighted by Crippen LogP contribution is -2.41. The first-order chi connectivity index (χ1) is 10.8. The third kappa shape index (κ3) is 8.06. The van der Waals surface area contributed by atoms with E-state index in [2.05, 4.69) is 5.32 Å². The van der Waals surface area contributed by atoms with Gasteiger partial charge in [-0.1, -0.05) is 29.3 Å². The molecule has 1 atom stereocenters. The largest absolute Gasteiger partial charge is 0.506 e. The van der Waals surface area contributed by atoms with Gasteiger partial charge in [-0.3, -0.25) is 9.59 Å². The van der Waals surface area contributed by atoms with Crippen molar-refractivity contribution in [2.45, 2.75) is 33.2 Å². The third-order valence-electron chi connectivity index (χ3n) is 2.71. The van der Waals surface area contributed by atoms with Crippen LogP contribution < -0.4 is 11.1 Å². The second kappa shape index (κ2) is 11.1. The monoisotopic (exact) mass is 364 g/mol. The van der Waals surface area contributed by atoms with Crippen molar-refractivity contribution in [1.82, 2.24) is 5.32 Å². The lowest BCUT2D eigenvalue weighted by molar-refractivity contribution is -0.143. The molecule has 0 aromatic carbocycles. The summed E-state index contributed by atoms with van der Waals surface area (Å²) in [6.07, 6.45) is 2.72. The summed E-state index contributed by atoms with van der Waals surface area (Å²) in [4.78, 5) is 23.3. The van der Waals surface area contributed by atoms with Crippen LogP contribution in [0.4, 0.5) is 0 Å². The molecular formula is C15H22Cl2N2O4. The van der Waals surface area contributed by atoms with Gasteiger partial charge in [-0.2, -0.15) is 0 Å². The Kier molecular flexibility index (Phi) is 10.4. The summed E-state index contributed by atoms with van der Waals surface area (Å²) >= 11 is 11.7. The quantitative estimate of drug-likeness (QED) is 0.348. The number of aliphatic hydroxyl groups excluding tert-OH is 1. The van der Waals surface area contributed by atoms with Crippen LogP contribution in [0.3, 0.4) is 0 Å². The van der Waals surface area contributed by atoms with Crippen LogP contribution in [-0.2, 0) is 14.3 Å². The lowest BCUT2D eigenvalue weighted by atomic mass is 10.0. The maximum absolute atomic E-state index is 11.7. The van der Waals surface area contributed by atoms with Crippen LogP contribution >= 0.6 is 23.2 Å².